The predicted molar refractivity (Wildman–Crippen MR) is 124 cm³/mol. The molecule has 3 rings (SSSR count). The molecule has 2 heterocycles. The van der Waals surface area contributed by atoms with Crippen molar-refractivity contribution in [2.75, 3.05) is 26.0 Å². The van der Waals surface area contributed by atoms with Crippen molar-refractivity contribution >= 4 is 15.8 Å². The highest BCUT2D eigenvalue weighted by atomic mass is 32.2. The topological polar surface area (TPSA) is 123 Å². The smallest absolute Gasteiger partial charge is 0.218 e. The van der Waals surface area contributed by atoms with E-state index in [1.807, 2.05) is 30.9 Å². The maximum atomic E-state index is 11.6. The number of sulfone groups is 1. The first-order chi connectivity index (χ1) is 15.2. The van der Waals surface area contributed by atoms with Gasteiger partial charge in [0.1, 0.15) is 5.75 Å². The van der Waals surface area contributed by atoms with Gasteiger partial charge in [0, 0.05) is 24.9 Å². The molecule has 0 amide bonds. The van der Waals surface area contributed by atoms with Crippen molar-refractivity contribution in [3.63, 3.8) is 0 Å². The van der Waals surface area contributed by atoms with Gasteiger partial charge in [-0.25, -0.2) is 8.42 Å². The SMILES string of the molecule is CC(C)N=NN=C(N)N1CCC(COc2ccc(-c3ccc(S(C)(=O)=O)cc3)nc2)CC1. The van der Waals surface area contributed by atoms with Gasteiger partial charge in [-0.3, -0.25) is 4.98 Å². The molecule has 1 aromatic heterocycles. The molecular formula is C22H30N6O3S. The highest BCUT2D eigenvalue weighted by Crippen LogP contribution is 2.23. The standard InChI is InChI=1S/C22H30N6O3S/c1-16(2)25-27-26-22(23)28-12-10-17(11-13-28)15-31-19-6-9-21(24-14-19)18-4-7-20(8-5-18)32(3,29)30/h4-9,14,16-17H,10-13,15H2,1-3H3,(H2,23,25,26). The number of ether oxygens (including phenoxy) is 1. The lowest BCUT2D eigenvalue weighted by Gasteiger charge is -2.32. The van der Waals surface area contributed by atoms with Crippen molar-refractivity contribution in [3.8, 4) is 17.0 Å². The van der Waals surface area contributed by atoms with Gasteiger partial charge in [0.05, 0.1) is 29.4 Å². The van der Waals surface area contributed by atoms with E-state index in [2.05, 4.69) is 20.4 Å². The van der Waals surface area contributed by atoms with Crippen molar-refractivity contribution in [2.45, 2.75) is 37.6 Å². The minimum atomic E-state index is -3.21. The summed E-state index contributed by atoms with van der Waals surface area (Å²) in [5, 5.41) is 11.7. The lowest BCUT2D eigenvalue weighted by molar-refractivity contribution is 0.180. The molecule has 0 radical (unpaired) electrons. The van der Waals surface area contributed by atoms with Crippen LogP contribution in [-0.2, 0) is 9.84 Å². The van der Waals surface area contributed by atoms with E-state index in [1.165, 1.54) is 6.26 Å². The van der Waals surface area contributed by atoms with Crippen molar-refractivity contribution in [1.29, 1.82) is 0 Å². The minimum Gasteiger partial charge on any atom is -0.492 e. The molecule has 1 aliphatic rings. The van der Waals surface area contributed by atoms with Crippen LogP contribution in [0.5, 0.6) is 5.75 Å². The Bertz CT molecular complexity index is 1040. The molecule has 10 heteroatoms. The maximum absolute atomic E-state index is 11.6. The van der Waals surface area contributed by atoms with Crippen LogP contribution in [0.15, 0.2) is 62.9 Å². The Morgan fingerprint density at radius 2 is 1.88 bits per heavy atom. The fraction of sp³-hybridized carbons (Fsp3) is 0.455. The van der Waals surface area contributed by atoms with Gasteiger partial charge >= 0.3 is 0 Å². The van der Waals surface area contributed by atoms with Crippen molar-refractivity contribution < 1.29 is 13.2 Å². The van der Waals surface area contributed by atoms with E-state index >= 15 is 0 Å². The monoisotopic (exact) mass is 458 g/mol. The molecule has 1 saturated heterocycles. The third-order valence-electron chi connectivity index (χ3n) is 5.17. The highest BCUT2D eigenvalue weighted by molar-refractivity contribution is 7.90. The second-order valence-corrected chi connectivity index (χ2v) is 10.2. The van der Waals surface area contributed by atoms with Crippen LogP contribution in [0.3, 0.4) is 0 Å². The zero-order chi connectivity index (χ0) is 23.1. The van der Waals surface area contributed by atoms with Crippen molar-refractivity contribution in [1.82, 2.24) is 9.88 Å². The number of benzene rings is 1. The Labute approximate surface area is 189 Å². The van der Waals surface area contributed by atoms with E-state index in [0.717, 1.165) is 37.2 Å². The third kappa shape index (κ3) is 6.74. The molecule has 0 atom stereocenters. The summed E-state index contributed by atoms with van der Waals surface area (Å²) in [5.41, 5.74) is 7.60. The first-order valence-corrected chi connectivity index (χ1v) is 12.5. The number of piperidine rings is 1. The van der Waals surface area contributed by atoms with Gasteiger partial charge in [-0.1, -0.05) is 17.2 Å². The number of hydrogen-bond donors (Lipinski definition) is 1. The van der Waals surface area contributed by atoms with Gasteiger partial charge in [-0.15, -0.1) is 0 Å². The lowest BCUT2D eigenvalue weighted by Crippen LogP contribution is -2.43. The molecule has 172 valence electrons. The van der Waals surface area contributed by atoms with Crippen molar-refractivity contribution in [2.24, 2.45) is 27.1 Å². The Morgan fingerprint density at radius 1 is 1.19 bits per heavy atom. The summed E-state index contributed by atoms with van der Waals surface area (Å²) < 4.78 is 29.1. The summed E-state index contributed by atoms with van der Waals surface area (Å²) in [7, 11) is -3.21. The summed E-state index contributed by atoms with van der Waals surface area (Å²) in [6.07, 6.45) is 4.80. The van der Waals surface area contributed by atoms with Crippen LogP contribution in [0.2, 0.25) is 0 Å². The number of guanidine groups is 1. The summed E-state index contributed by atoms with van der Waals surface area (Å²) >= 11 is 0. The molecule has 1 fully saturated rings. The predicted octanol–water partition coefficient (Wildman–Crippen LogP) is 3.33. The van der Waals surface area contributed by atoms with Crippen molar-refractivity contribution in [3.05, 3.63) is 42.6 Å². The molecule has 32 heavy (non-hydrogen) atoms. The number of likely N-dealkylation sites (tertiary alicyclic amines) is 1. The van der Waals surface area contributed by atoms with Gasteiger partial charge in [-0.05, 0) is 62.1 Å². The van der Waals surface area contributed by atoms with E-state index in [4.69, 9.17) is 10.5 Å². The molecular weight excluding hydrogens is 428 g/mol. The lowest BCUT2D eigenvalue weighted by atomic mass is 9.98. The molecule has 2 aromatic rings. The first kappa shape index (κ1) is 23.6. The number of hydrogen-bond acceptors (Lipinski definition) is 6. The zero-order valence-electron chi connectivity index (χ0n) is 18.7. The molecule has 0 bridgehead atoms. The molecule has 0 saturated carbocycles. The zero-order valence-corrected chi connectivity index (χ0v) is 19.5. The van der Waals surface area contributed by atoms with Crippen LogP contribution in [0.25, 0.3) is 11.3 Å². The normalized spacial score (nSPS) is 16.1. The average molecular weight is 459 g/mol. The largest absolute Gasteiger partial charge is 0.492 e. The van der Waals surface area contributed by atoms with Gasteiger partial charge < -0.3 is 15.4 Å². The summed E-state index contributed by atoms with van der Waals surface area (Å²) in [6, 6.07) is 10.5. The minimum absolute atomic E-state index is 0.0958. The number of pyridine rings is 1. The highest BCUT2D eigenvalue weighted by Gasteiger charge is 2.21. The van der Waals surface area contributed by atoms with Crippen LogP contribution in [0.1, 0.15) is 26.7 Å². The van der Waals surface area contributed by atoms with Crippen LogP contribution in [-0.4, -0.2) is 56.3 Å². The summed E-state index contributed by atoms with van der Waals surface area (Å²) in [5.74, 6) is 1.54. The van der Waals surface area contributed by atoms with Gasteiger partial charge in [-0.2, -0.15) is 5.11 Å². The average Bonchev–Trinajstić information content (AvgIpc) is 2.77. The van der Waals surface area contributed by atoms with Gasteiger partial charge in [0.25, 0.3) is 0 Å². The Morgan fingerprint density at radius 3 is 2.44 bits per heavy atom. The molecule has 2 N–H and O–H groups in total. The van der Waals surface area contributed by atoms with E-state index in [9.17, 15) is 8.42 Å². The number of nitrogens with zero attached hydrogens (tertiary/aromatic N) is 5. The van der Waals surface area contributed by atoms with Crippen LogP contribution >= 0.6 is 0 Å². The molecule has 0 aliphatic carbocycles. The number of nitrogens with two attached hydrogens (primary N) is 1. The molecule has 0 spiro atoms. The Kier molecular flexibility index (Phi) is 7.79. The summed E-state index contributed by atoms with van der Waals surface area (Å²) in [6.45, 7) is 6.09. The molecule has 1 aromatic carbocycles. The first-order valence-electron chi connectivity index (χ1n) is 10.6. The fourth-order valence-electron chi connectivity index (χ4n) is 3.29. The second-order valence-electron chi connectivity index (χ2n) is 8.17. The van der Waals surface area contributed by atoms with E-state index < -0.39 is 9.84 Å². The van der Waals surface area contributed by atoms with Crippen LogP contribution in [0, 0.1) is 5.92 Å². The van der Waals surface area contributed by atoms with E-state index in [0.29, 0.717) is 29.1 Å². The van der Waals surface area contributed by atoms with Crippen LogP contribution in [0.4, 0.5) is 0 Å². The quantitative estimate of drug-likeness (QED) is 0.294. The Hall–Kier alpha value is -3.01. The van der Waals surface area contributed by atoms with E-state index in [1.54, 1.807) is 30.5 Å². The Balaban J connectivity index is 1.48. The fourth-order valence-corrected chi connectivity index (χ4v) is 3.92. The maximum Gasteiger partial charge on any atom is 0.218 e. The van der Waals surface area contributed by atoms with Crippen LogP contribution < -0.4 is 10.5 Å². The van der Waals surface area contributed by atoms with Gasteiger partial charge in [0.15, 0.2) is 9.84 Å². The summed E-state index contributed by atoms with van der Waals surface area (Å²) in [4.78, 5) is 6.75. The molecule has 0 unspecified atom stereocenters. The number of aromatic nitrogens is 1. The van der Waals surface area contributed by atoms with E-state index in [-0.39, 0.29) is 6.04 Å². The van der Waals surface area contributed by atoms with Gasteiger partial charge in [0.2, 0.25) is 5.96 Å². The third-order valence-corrected chi connectivity index (χ3v) is 6.30. The molecule has 1 aliphatic heterocycles. The molecule has 9 nitrogen and oxygen atoms in total. The second kappa shape index (κ2) is 10.5. The number of rotatable bonds is 7.